The van der Waals surface area contributed by atoms with E-state index in [1.165, 1.54) is 11.3 Å². The Kier molecular flexibility index (Phi) is 4.52. The first kappa shape index (κ1) is 16.2. The Labute approximate surface area is 143 Å². The number of hydrogen-bond donors (Lipinski definition) is 1. The van der Waals surface area contributed by atoms with Crippen LogP contribution in [0.3, 0.4) is 0 Å². The zero-order valence-electron chi connectivity index (χ0n) is 12.7. The van der Waals surface area contributed by atoms with Gasteiger partial charge in [0.25, 0.3) is 10.0 Å². The number of thiazole rings is 1. The molecule has 0 unspecified atom stereocenters. The van der Waals surface area contributed by atoms with E-state index in [2.05, 4.69) is 23.6 Å². The molecule has 2 aromatic heterocycles. The van der Waals surface area contributed by atoms with E-state index >= 15 is 0 Å². The lowest BCUT2D eigenvalue weighted by Crippen LogP contribution is -2.11. The molecule has 0 aliphatic carbocycles. The van der Waals surface area contributed by atoms with Crippen LogP contribution in [0.25, 0.3) is 9.88 Å². The van der Waals surface area contributed by atoms with Crippen molar-refractivity contribution in [2.24, 2.45) is 0 Å². The van der Waals surface area contributed by atoms with Crippen LogP contribution in [0, 0.1) is 0 Å². The third-order valence-corrected chi connectivity index (χ3v) is 7.18. The molecule has 0 bridgehead atoms. The summed E-state index contributed by atoms with van der Waals surface area (Å²) in [6.07, 6.45) is 0. The van der Waals surface area contributed by atoms with Crippen molar-refractivity contribution in [3.05, 3.63) is 53.5 Å². The number of nitrogens with zero attached hydrogens (tertiary/aromatic N) is 1. The van der Waals surface area contributed by atoms with Crippen LogP contribution in [0.5, 0.6) is 0 Å². The smallest absolute Gasteiger partial charge is 0.271 e. The average Bonchev–Trinajstić information content (AvgIpc) is 3.17. The minimum Gasteiger partial charge on any atom is -0.279 e. The van der Waals surface area contributed by atoms with Gasteiger partial charge in [-0.1, -0.05) is 32.0 Å². The van der Waals surface area contributed by atoms with Gasteiger partial charge in [0.1, 0.15) is 9.22 Å². The fourth-order valence-corrected chi connectivity index (χ4v) is 5.37. The first-order valence-electron chi connectivity index (χ1n) is 7.09. The highest BCUT2D eigenvalue weighted by atomic mass is 32.2. The van der Waals surface area contributed by atoms with Crippen LogP contribution in [-0.4, -0.2) is 13.4 Å². The van der Waals surface area contributed by atoms with Crippen molar-refractivity contribution >= 4 is 38.4 Å². The first-order chi connectivity index (χ1) is 11.0. The molecule has 23 heavy (non-hydrogen) atoms. The second-order valence-corrected chi connectivity index (χ2v) is 9.17. The van der Waals surface area contributed by atoms with Gasteiger partial charge in [-0.15, -0.1) is 22.7 Å². The highest BCUT2D eigenvalue weighted by molar-refractivity contribution is 7.94. The van der Waals surface area contributed by atoms with Crippen LogP contribution in [0.2, 0.25) is 0 Å². The molecule has 0 saturated carbocycles. The first-order valence-corrected chi connectivity index (χ1v) is 10.3. The van der Waals surface area contributed by atoms with Gasteiger partial charge in [-0.2, -0.15) is 0 Å². The molecule has 120 valence electrons. The number of para-hydroxylation sites is 1. The average molecular weight is 365 g/mol. The van der Waals surface area contributed by atoms with E-state index < -0.39 is 10.0 Å². The van der Waals surface area contributed by atoms with E-state index in [9.17, 15) is 8.42 Å². The molecule has 0 saturated heterocycles. The standard InChI is InChI=1S/C16H16N2O2S3/c1-11(2)13-10-21-16(17-13)14-8-9-15(22-14)23(19,20)18-12-6-4-3-5-7-12/h3-11,18H,1-2H3. The Morgan fingerprint density at radius 2 is 1.83 bits per heavy atom. The molecule has 1 N–H and O–H groups in total. The van der Waals surface area contributed by atoms with Crippen molar-refractivity contribution in [3.63, 3.8) is 0 Å². The fourth-order valence-electron chi connectivity index (χ4n) is 1.96. The Morgan fingerprint density at radius 1 is 1.09 bits per heavy atom. The molecule has 0 aliphatic heterocycles. The van der Waals surface area contributed by atoms with Gasteiger partial charge in [-0.05, 0) is 30.2 Å². The van der Waals surface area contributed by atoms with Crippen LogP contribution in [0.15, 0.2) is 52.1 Å². The Hall–Kier alpha value is -1.70. The maximum absolute atomic E-state index is 12.4. The number of nitrogens with one attached hydrogen (secondary N) is 1. The number of rotatable bonds is 5. The monoisotopic (exact) mass is 364 g/mol. The fraction of sp³-hybridized carbons (Fsp3) is 0.188. The van der Waals surface area contributed by atoms with Gasteiger partial charge in [-0.3, -0.25) is 4.72 Å². The summed E-state index contributed by atoms with van der Waals surface area (Å²) in [5, 5.41) is 2.88. The molecule has 0 atom stereocenters. The van der Waals surface area contributed by atoms with Gasteiger partial charge in [-0.25, -0.2) is 13.4 Å². The number of hydrogen-bond acceptors (Lipinski definition) is 5. The number of sulfonamides is 1. The molecule has 2 heterocycles. The lowest BCUT2D eigenvalue weighted by Gasteiger charge is -2.05. The van der Waals surface area contributed by atoms with Gasteiger partial charge in [0.05, 0.1) is 10.6 Å². The maximum Gasteiger partial charge on any atom is 0.271 e. The van der Waals surface area contributed by atoms with Gasteiger partial charge >= 0.3 is 0 Å². The van der Waals surface area contributed by atoms with Crippen LogP contribution in [-0.2, 0) is 10.0 Å². The van der Waals surface area contributed by atoms with E-state index in [4.69, 9.17) is 0 Å². The van der Waals surface area contributed by atoms with Crippen LogP contribution in [0.1, 0.15) is 25.5 Å². The van der Waals surface area contributed by atoms with Crippen molar-refractivity contribution in [3.8, 4) is 9.88 Å². The summed E-state index contributed by atoms with van der Waals surface area (Å²) in [5.41, 5.74) is 1.59. The van der Waals surface area contributed by atoms with Gasteiger partial charge < -0.3 is 0 Å². The van der Waals surface area contributed by atoms with Gasteiger partial charge in [0.2, 0.25) is 0 Å². The molecule has 0 fully saturated rings. The topological polar surface area (TPSA) is 59.1 Å². The molecular weight excluding hydrogens is 348 g/mol. The number of thiophene rings is 1. The number of benzene rings is 1. The van der Waals surface area contributed by atoms with E-state index in [1.54, 1.807) is 41.7 Å². The summed E-state index contributed by atoms with van der Waals surface area (Å²) < 4.78 is 27.8. The van der Waals surface area contributed by atoms with Crippen molar-refractivity contribution in [2.75, 3.05) is 4.72 Å². The molecule has 7 heteroatoms. The van der Waals surface area contributed by atoms with E-state index in [0.29, 0.717) is 11.6 Å². The quantitative estimate of drug-likeness (QED) is 0.708. The summed E-state index contributed by atoms with van der Waals surface area (Å²) in [7, 11) is -3.56. The molecule has 0 amide bonds. The van der Waals surface area contributed by atoms with E-state index in [1.807, 2.05) is 17.5 Å². The predicted octanol–water partition coefficient (Wildman–Crippen LogP) is 4.80. The summed E-state index contributed by atoms with van der Waals surface area (Å²) in [6.45, 7) is 4.18. The number of anilines is 1. The lowest BCUT2D eigenvalue weighted by atomic mass is 10.2. The van der Waals surface area contributed by atoms with Gasteiger partial charge in [0.15, 0.2) is 0 Å². The zero-order valence-corrected chi connectivity index (χ0v) is 15.1. The van der Waals surface area contributed by atoms with Gasteiger partial charge in [0, 0.05) is 11.1 Å². The highest BCUT2D eigenvalue weighted by Gasteiger charge is 2.18. The third-order valence-electron chi connectivity index (χ3n) is 3.20. The summed E-state index contributed by atoms with van der Waals surface area (Å²) >= 11 is 2.78. The lowest BCUT2D eigenvalue weighted by molar-refractivity contribution is 0.603. The van der Waals surface area contributed by atoms with E-state index in [0.717, 1.165) is 15.6 Å². The summed E-state index contributed by atoms with van der Waals surface area (Å²) in [5.74, 6) is 0.364. The van der Waals surface area contributed by atoms with Crippen molar-refractivity contribution in [1.82, 2.24) is 4.98 Å². The molecule has 0 spiro atoms. The van der Waals surface area contributed by atoms with Crippen molar-refractivity contribution in [1.29, 1.82) is 0 Å². The van der Waals surface area contributed by atoms with Crippen molar-refractivity contribution in [2.45, 2.75) is 24.0 Å². The Morgan fingerprint density at radius 3 is 2.48 bits per heavy atom. The van der Waals surface area contributed by atoms with Crippen LogP contribution in [0.4, 0.5) is 5.69 Å². The molecule has 0 aliphatic rings. The zero-order chi connectivity index (χ0) is 16.4. The van der Waals surface area contributed by atoms with Crippen LogP contribution < -0.4 is 4.72 Å². The second kappa shape index (κ2) is 6.43. The minimum absolute atomic E-state index is 0.289. The van der Waals surface area contributed by atoms with Crippen LogP contribution >= 0.6 is 22.7 Å². The molecule has 4 nitrogen and oxygen atoms in total. The number of aromatic nitrogens is 1. The summed E-state index contributed by atoms with van der Waals surface area (Å²) in [4.78, 5) is 5.44. The Bertz CT molecular complexity index is 896. The molecule has 3 rings (SSSR count). The highest BCUT2D eigenvalue weighted by Crippen LogP contribution is 2.34. The second-order valence-electron chi connectivity index (χ2n) is 5.32. The van der Waals surface area contributed by atoms with E-state index in [-0.39, 0.29) is 4.21 Å². The van der Waals surface area contributed by atoms with Crippen molar-refractivity contribution < 1.29 is 8.42 Å². The minimum atomic E-state index is -3.56. The normalized spacial score (nSPS) is 11.8. The molecular formula is C16H16N2O2S3. The Balaban J connectivity index is 1.85. The largest absolute Gasteiger partial charge is 0.279 e. The molecule has 3 aromatic rings. The molecule has 1 aromatic carbocycles. The summed E-state index contributed by atoms with van der Waals surface area (Å²) in [6, 6.07) is 12.3. The predicted molar refractivity (Wildman–Crippen MR) is 96.8 cm³/mol. The SMILES string of the molecule is CC(C)c1csc(-c2ccc(S(=O)(=O)Nc3ccccc3)s2)n1. The maximum atomic E-state index is 12.4. The molecule has 0 radical (unpaired) electrons. The third kappa shape index (κ3) is 3.63.